The second kappa shape index (κ2) is 3.83. The maximum Gasteiger partial charge on any atom is 0.0288 e. The van der Waals surface area contributed by atoms with Crippen molar-refractivity contribution in [2.45, 2.75) is 6.42 Å². The predicted molar refractivity (Wildman–Crippen MR) is 46.3 cm³/mol. The summed E-state index contributed by atoms with van der Waals surface area (Å²) in [6, 6.07) is 0. The molecular formula is C10H11N. The number of hydrogen-bond donors (Lipinski definition) is 1. The molecule has 1 heterocycles. The second-order valence-corrected chi connectivity index (χ2v) is 2.36. The van der Waals surface area contributed by atoms with Gasteiger partial charge in [0, 0.05) is 24.2 Å². The Morgan fingerprint density at radius 3 is 2.73 bits per heavy atom. The third kappa shape index (κ3) is 1.85. The van der Waals surface area contributed by atoms with Gasteiger partial charge < -0.3 is 5.32 Å². The van der Waals surface area contributed by atoms with Crippen LogP contribution in [-0.4, -0.2) is 13.1 Å². The van der Waals surface area contributed by atoms with E-state index in [4.69, 9.17) is 0 Å². The number of rotatable bonds is 0. The Balaban J connectivity index is 3.02. The molecule has 0 amide bonds. The molecule has 0 unspecified atom stereocenters. The minimum Gasteiger partial charge on any atom is -0.312 e. The lowest BCUT2D eigenvalue weighted by molar-refractivity contribution is 0.685. The Bertz CT molecular complexity index is 280. The van der Waals surface area contributed by atoms with E-state index in [1.165, 1.54) is 0 Å². The molecule has 0 spiro atoms. The summed E-state index contributed by atoms with van der Waals surface area (Å²) >= 11 is 0. The fourth-order valence-corrected chi connectivity index (χ4v) is 1.10. The monoisotopic (exact) mass is 145 g/mol. The molecule has 1 fully saturated rings. The molecule has 0 saturated carbocycles. The van der Waals surface area contributed by atoms with E-state index >= 15 is 0 Å². The van der Waals surface area contributed by atoms with Crippen LogP contribution in [0, 0.1) is 0 Å². The lowest BCUT2D eigenvalue weighted by Crippen LogP contribution is -2.24. The van der Waals surface area contributed by atoms with Gasteiger partial charge in [0.25, 0.3) is 0 Å². The van der Waals surface area contributed by atoms with Gasteiger partial charge >= 0.3 is 0 Å². The summed E-state index contributed by atoms with van der Waals surface area (Å²) in [5, 5.41) is 3.23. The maximum atomic E-state index is 3.61. The summed E-state index contributed by atoms with van der Waals surface area (Å²) in [4.78, 5) is 0. The molecule has 1 saturated heterocycles. The van der Waals surface area contributed by atoms with Crippen molar-refractivity contribution in [2.24, 2.45) is 0 Å². The first-order valence-corrected chi connectivity index (χ1v) is 3.62. The van der Waals surface area contributed by atoms with Crippen LogP contribution in [0.25, 0.3) is 0 Å². The van der Waals surface area contributed by atoms with E-state index in [1.54, 1.807) is 0 Å². The summed E-state index contributed by atoms with van der Waals surface area (Å²) in [6.07, 6.45) is 0.973. The number of piperidine rings is 1. The minimum atomic E-state index is 0.841. The Hall–Kier alpha value is -1.22. The van der Waals surface area contributed by atoms with Crippen LogP contribution in [-0.2, 0) is 0 Å². The Kier molecular flexibility index (Phi) is 2.74. The van der Waals surface area contributed by atoms with Gasteiger partial charge in [0.05, 0.1) is 0 Å². The van der Waals surface area contributed by atoms with Crippen LogP contribution in [0.5, 0.6) is 0 Å². The second-order valence-electron chi connectivity index (χ2n) is 2.36. The Morgan fingerprint density at radius 2 is 2.09 bits per heavy atom. The minimum absolute atomic E-state index is 0.841. The van der Waals surface area contributed by atoms with Crippen LogP contribution in [0.2, 0.25) is 0 Å². The maximum absolute atomic E-state index is 3.61. The highest BCUT2D eigenvalue weighted by molar-refractivity contribution is 5.32. The van der Waals surface area contributed by atoms with Crippen molar-refractivity contribution in [1.29, 1.82) is 0 Å². The third-order valence-corrected chi connectivity index (χ3v) is 1.67. The summed E-state index contributed by atoms with van der Waals surface area (Å²) in [5.74, 6) is 0. The highest BCUT2D eigenvalue weighted by Crippen LogP contribution is 2.13. The number of nitrogens with one attached hydrogen (secondary N) is 1. The summed E-state index contributed by atoms with van der Waals surface area (Å²) in [7, 11) is 0. The molecule has 56 valence electrons. The van der Waals surface area contributed by atoms with E-state index in [0.29, 0.717) is 0 Å². The smallest absolute Gasteiger partial charge is 0.0288 e. The predicted octanol–water partition coefficient (Wildman–Crippen LogP) is 1.56. The highest BCUT2D eigenvalue weighted by atomic mass is 14.9. The lowest BCUT2D eigenvalue weighted by atomic mass is 10.0. The molecule has 0 aromatic heterocycles. The van der Waals surface area contributed by atoms with Crippen molar-refractivity contribution in [3.63, 3.8) is 0 Å². The zero-order chi connectivity index (χ0) is 8.10. The van der Waals surface area contributed by atoms with Gasteiger partial charge in [0.2, 0.25) is 0 Å². The molecule has 0 aliphatic carbocycles. The van der Waals surface area contributed by atoms with Crippen LogP contribution < -0.4 is 5.32 Å². The van der Waals surface area contributed by atoms with Gasteiger partial charge in [-0.05, 0) is 13.0 Å². The van der Waals surface area contributed by atoms with Gasteiger partial charge in [-0.15, -0.1) is 5.73 Å². The first-order valence-electron chi connectivity index (χ1n) is 3.62. The first kappa shape index (κ1) is 7.88. The van der Waals surface area contributed by atoms with Crippen LogP contribution in [0.4, 0.5) is 0 Å². The van der Waals surface area contributed by atoms with Crippen molar-refractivity contribution >= 4 is 0 Å². The molecule has 1 heteroatoms. The summed E-state index contributed by atoms with van der Waals surface area (Å²) < 4.78 is 0. The van der Waals surface area contributed by atoms with E-state index in [-0.39, 0.29) is 0 Å². The standard InChI is InChI=1S/C10H11N/c1-3-5-10-6-7-11-8-9(10)4-2/h11H,1-2,6-8H2. The van der Waals surface area contributed by atoms with Crippen LogP contribution >= 0.6 is 0 Å². The Labute approximate surface area is 67.1 Å². The molecule has 0 radical (unpaired) electrons. The summed E-state index contributed by atoms with van der Waals surface area (Å²) in [5.41, 5.74) is 10.7. The van der Waals surface area contributed by atoms with Crippen LogP contribution in [0.3, 0.4) is 0 Å². The van der Waals surface area contributed by atoms with E-state index in [1.807, 2.05) is 0 Å². The SMILES string of the molecule is C=C=C=C1CCNCC1=C=C. The molecule has 1 aliphatic rings. The molecule has 1 aliphatic heterocycles. The van der Waals surface area contributed by atoms with E-state index in [0.717, 1.165) is 30.7 Å². The fourth-order valence-electron chi connectivity index (χ4n) is 1.10. The van der Waals surface area contributed by atoms with Gasteiger partial charge in [0.15, 0.2) is 0 Å². The molecule has 1 N–H and O–H groups in total. The first-order chi connectivity index (χ1) is 5.38. The van der Waals surface area contributed by atoms with Gasteiger partial charge in [-0.25, -0.2) is 0 Å². The molecule has 1 rings (SSSR count). The van der Waals surface area contributed by atoms with Crippen molar-refractivity contribution in [2.75, 3.05) is 13.1 Å². The average Bonchev–Trinajstić information content (AvgIpc) is 2.06. The molecule has 0 atom stereocenters. The van der Waals surface area contributed by atoms with Gasteiger partial charge in [0.1, 0.15) is 0 Å². The molecule has 11 heavy (non-hydrogen) atoms. The van der Waals surface area contributed by atoms with Crippen LogP contribution in [0.15, 0.2) is 41.5 Å². The van der Waals surface area contributed by atoms with Crippen molar-refractivity contribution in [3.05, 3.63) is 41.5 Å². The third-order valence-electron chi connectivity index (χ3n) is 1.67. The number of hydrogen-bond acceptors (Lipinski definition) is 1. The van der Waals surface area contributed by atoms with E-state index in [2.05, 4.69) is 35.7 Å². The molecule has 1 nitrogen and oxygen atoms in total. The molecular weight excluding hydrogens is 134 g/mol. The van der Waals surface area contributed by atoms with Gasteiger partial charge in [-0.3, -0.25) is 0 Å². The van der Waals surface area contributed by atoms with Crippen molar-refractivity contribution in [3.8, 4) is 0 Å². The van der Waals surface area contributed by atoms with Crippen molar-refractivity contribution < 1.29 is 0 Å². The fraction of sp³-hybridized carbons (Fsp3) is 0.300. The van der Waals surface area contributed by atoms with E-state index < -0.39 is 0 Å². The van der Waals surface area contributed by atoms with Crippen LogP contribution in [0.1, 0.15) is 6.42 Å². The largest absolute Gasteiger partial charge is 0.312 e. The molecule has 0 aromatic rings. The summed E-state index contributed by atoms with van der Waals surface area (Å²) in [6.45, 7) is 8.93. The van der Waals surface area contributed by atoms with Gasteiger partial charge in [-0.2, -0.15) is 0 Å². The van der Waals surface area contributed by atoms with E-state index in [9.17, 15) is 0 Å². The normalized spacial score (nSPS) is 16.7. The lowest BCUT2D eigenvalue weighted by Gasteiger charge is -2.14. The highest BCUT2D eigenvalue weighted by Gasteiger charge is 2.08. The average molecular weight is 145 g/mol. The quantitative estimate of drug-likeness (QED) is 0.510. The molecule has 0 bridgehead atoms. The zero-order valence-corrected chi connectivity index (χ0v) is 6.54. The topological polar surface area (TPSA) is 12.0 Å². The van der Waals surface area contributed by atoms with Gasteiger partial charge in [-0.1, -0.05) is 18.0 Å². The Morgan fingerprint density at radius 1 is 1.27 bits per heavy atom. The molecule has 0 aromatic carbocycles. The van der Waals surface area contributed by atoms with Crippen molar-refractivity contribution in [1.82, 2.24) is 5.32 Å². The zero-order valence-electron chi connectivity index (χ0n) is 6.54.